The number of phenols is 1. The smallest absolute Gasteiger partial charge is 0.245 e. The van der Waals surface area contributed by atoms with E-state index < -0.39 is 48.2 Å². The van der Waals surface area contributed by atoms with E-state index in [1.54, 1.807) is 12.1 Å². The number of phenolic OH excluding ortho intramolecular Hbond substituents is 1. The van der Waals surface area contributed by atoms with Crippen LogP contribution < -0.4 is 38.5 Å². The van der Waals surface area contributed by atoms with E-state index in [1.807, 2.05) is 0 Å². The van der Waals surface area contributed by atoms with Crippen LogP contribution in [0.15, 0.2) is 24.3 Å². The van der Waals surface area contributed by atoms with E-state index in [0.29, 0.717) is 50.3 Å². The van der Waals surface area contributed by atoms with Crippen LogP contribution in [-0.4, -0.2) is 83.1 Å². The molecule has 1 saturated heterocycles. The highest BCUT2D eigenvalue weighted by molar-refractivity contribution is 5.96. The molecule has 5 amide bonds. The molecule has 0 aromatic heterocycles. The van der Waals surface area contributed by atoms with Gasteiger partial charge in [-0.25, -0.2) is 0 Å². The Morgan fingerprint density at radius 3 is 2.18 bits per heavy atom. The van der Waals surface area contributed by atoms with Crippen molar-refractivity contribution in [1.29, 1.82) is 0 Å². The summed E-state index contributed by atoms with van der Waals surface area (Å²) in [4.78, 5) is 66.1. The Balaban J connectivity index is 1.68. The van der Waals surface area contributed by atoms with Crippen LogP contribution in [-0.2, 0) is 30.4 Å². The van der Waals surface area contributed by atoms with E-state index in [-0.39, 0.29) is 30.4 Å². The summed E-state index contributed by atoms with van der Waals surface area (Å²) in [7, 11) is 0. The minimum Gasteiger partial charge on any atom is -0.508 e. The quantitative estimate of drug-likeness (QED) is 0.0811. The number of hydrogen-bond acceptors (Lipinski definition) is 9. The highest BCUT2D eigenvalue weighted by Gasteiger charge is 2.42. The van der Waals surface area contributed by atoms with Gasteiger partial charge in [0.1, 0.15) is 36.2 Å². The molecule has 45 heavy (non-hydrogen) atoms. The highest BCUT2D eigenvalue weighted by atomic mass is 16.3. The average Bonchev–Trinajstić information content (AvgIpc) is 2.96. The number of benzene rings is 1. The Kier molecular flexibility index (Phi) is 14.0. The normalized spacial score (nSPS) is 18.8. The lowest BCUT2D eigenvalue weighted by atomic mass is 9.84. The third-order valence-corrected chi connectivity index (χ3v) is 8.54. The molecule has 4 atom stereocenters. The number of nitrogens with two attached hydrogens (primary N) is 3. The van der Waals surface area contributed by atoms with Crippen molar-refractivity contribution < 1.29 is 29.1 Å². The lowest BCUT2D eigenvalue weighted by Gasteiger charge is -2.42. The Hall–Kier alpha value is -3.75. The molecule has 1 aliphatic heterocycles. The molecule has 14 heteroatoms. The van der Waals surface area contributed by atoms with Gasteiger partial charge in [0.15, 0.2) is 0 Å². The Labute approximate surface area is 264 Å². The molecule has 250 valence electrons. The van der Waals surface area contributed by atoms with Crippen molar-refractivity contribution in [2.75, 3.05) is 13.1 Å². The Bertz CT molecular complexity index is 1160. The molecule has 2 fully saturated rings. The van der Waals surface area contributed by atoms with Crippen molar-refractivity contribution in [3.63, 3.8) is 0 Å². The molecule has 1 saturated carbocycles. The van der Waals surface area contributed by atoms with Crippen molar-refractivity contribution in [2.45, 2.75) is 108 Å². The van der Waals surface area contributed by atoms with Crippen LogP contribution in [0.1, 0.15) is 76.7 Å². The Morgan fingerprint density at radius 1 is 0.911 bits per heavy atom. The van der Waals surface area contributed by atoms with Gasteiger partial charge in [-0.2, -0.15) is 0 Å². The van der Waals surface area contributed by atoms with Gasteiger partial charge in [0, 0.05) is 19.9 Å². The number of amides is 5. The van der Waals surface area contributed by atoms with Gasteiger partial charge in [-0.15, -0.1) is 0 Å². The fourth-order valence-electron chi connectivity index (χ4n) is 5.99. The number of nitrogens with one attached hydrogen (secondary N) is 4. The Morgan fingerprint density at radius 2 is 1.60 bits per heavy atom. The number of unbranched alkanes of at least 4 members (excludes halogenated alkanes) is 1. The van der Waals surface area contributed by atoms with Crippen molar-refractivity contribution in [1.82, 2.24) is 26.2 Å². The first-order valence-electron chi connectivity index (χ1n) is 15.9. The first-order chi connectivity index (χ1) is 21.4. The van der Waals surface area contributed by atoms with Gasteiger partial charge in [0.25, 0.3) is 0 Å². The van der Waals surface area contributed by atoms with Gasteiger partial charge >= 0.3 is 0 Å². The highest BCUT2D eigenvalue weighted by Crippen LogP contribution is 2.29. The van der Waals surface area contributed by atoms with Crippen molar-refractivity contribution >= 4 is 29.5 Å². The first-order valence-corrected chi connectivity index (χ1v) is 15.9. The molecule has 0 bridgehead atoms. The summed E-state index contributed by atoms with van der Waals surface area (Å²) in [6.07, 6.45) is 7.20. The minimum absolute atomic E-state index is 0.0493. The SMILES string of the molecule is CC(=O)NC(CC1CCCCC1)C(=O)N1CCC1C(=O)NC(Cc1ccc(O)cc1)C(=O)NC(CCCCNC(N)N)C(N)=O. The summed E-state index contributed by atoms with van der Waals surface area (Å²) >= 11 is 0. The second-order valence-corrected chi connectivity index (χ2v) is 12.2. The number of hydrogen-bond donors (Lipinski definition) is 8. The third-order valence-electron chi connectivity index (χ3n) is 8.54. The van der Waals surface area contributed by atoms with Crippen LogP contribution in [0.3, 0.4) is 0 Å². The number of aromatic hydroxyl groups is 1. The summed E-state index contributed by atoms with van der Waals surface area (Å²) < 4.78 is 0. The molecular weight excluding hydrogens is 580 g/mol. The second kappa shape index (κ2) is 17.7. The average molecular weight is 631 g/mol. The standard InChI is InChI=1S/C31H50N8O6/c1-19(40)36-25(18-20-7-3-2-4-8-20)30(45)39-16-14-26(39)29(44)38-24(17-21-10-12-22(41)13-11-21)28(43)37-23(27(32)42)9-5-6-15-35-31(33)34/h10-13,20,23-26,31,35,41H,2-9,14-18,33-34H2,1H3,(H2,32,42)(H,36,40)(H,37,43)(H,38,44). The fourth-order valence-corrected chi connectivity index (χ4v) is 5.99. The maximum atomic E-state index is 13.6. The van der Waals surface area contributed by atoms with Gasteiger partial charge in [0.05, 0.1) is 0 Å². The number of primary amides is 1. The summed E-state index contributed by atoms with van der Waals surface area (Å²) in [5, 5.41) is 20.8. The van der Waals surface area contributed by atoms with E-state index in [9.17, 15) is 29.1 Å². The van der Waals surface area contributed by atoms with E-state index in [2.05, 4.69) is 21.3 Å². The lowest BCUT2D eigenvalue weighted by molar-refractivity contribution is -0.150. The number of carbonyl (C=O) groups excluding carboxylic acids is 5. The molecule has 1 aromatic carbocycles. The van der Waals surface area contributed by atoms with E-state index in [4.69, 9.17) is 17.2 Å². The number of nitrogens with zero attached hydrogens (tertiary/aromatic N) is 1. The van der Waals surface area contributed by atoms with Crippen LogP contribution in [0.5, 0.6) is 5.75 Å². The van der Waals surface area contributed by atoms with Gasteiger partial charge in [-0.1, -0.05) is 44.2 Å². The zero-order valence-corrected chi connectivity index (χ0v) is 26.1. The summed E-state index contributed by atoms with van der Waals surface area (Å²) in [6.45, 7) is 2.26. The van der Waals surface area contributed by atoms with Crippen LogP contribution in [0.25, 0.3) is 0 Å². The molecule has 4 unspecified atom stereocenters. The van der Waals surface area contributed by atoms with Crippen molar-refractivity contribution in [2.24, 2.45) is 23.1 Å². The fraction of sp³-hybridized carbons (Fsp3) is 0.645. The van der Waals surface area contributed by atoms with Gasteiger partial charge < -0.3 is 43.2 Å². The molecule has 2 aliphatic rings. The molecule has 3 rings (SSSR count). The van der Waals surface area contributed by atoms with Gasteiger partial charge in [-0.05, 0) is 62.3 Å². The molecule has 14 nitrogen and oxygen atoms in total. The van der Waals surface area contributed by atoms with Crippen LogP contribution >= 0.6 is 0 Å². The van der Waals surface area contributed by atoms with E-state index >= 15 is 0 Å². The molecule has 11 N–H and O–H groups in total. The number of carbonyl (C=O) groups is 5. The van der Waals surface area contributed by atoms with E-state index in [0.717, 1.165) is 25.7 Å². The topological polar surface area (TPSA) is 235 Å². The summed E-state index contributed by atoms with van der Waals surface area (Å²) in [6, 6.07) is 2.62. The van der Waals surface area contributed by atoms with Crippen molar-refractivity contribution in [3.05, 3.63) is 29.8 Å². The largest absolute Gasteiger partial charge is 0.508 e. The van der Waals surface area contributed by atoms with Crippen molar-refractivity contribution in [3.8, 4) is 5.75 Å². The van der Waals surface area contributed by atoms with Gasteiger partial charge in [-0.3, -0.25) is 29.3 Å². The monoisotopic (exact) mass is 630 g/mol. The predicted octanol–water partition coefficient (Wildman–Crippen LogP) is -0.573. The number of likely N-dealkylation sites (tertiary alicyclic amines) is 1. The van der Waals surface area contributed by atoms with Crippen LogP contribution in [0.4, 0.5) is 0 Å². The predicted molar refractivity (Wildman–Crippen MR) is 168 cm³/mol. The summed E-state index contributed by atoms with van der Waals surface area (Å²) in [5.74, 6) is -2.05. The van der Waals surface area contributed by atoms with Crippen LogP contribution in [0, 0.1) is 5.92 Å². The second-order valence-electron chi connectivity index (χ2n) is 12.2. The molecule has 1 aromatic rings. The first kappa shape index (κ1) is 35.7. The molecule has 0 spiro atoms. The summed E-state index contributed by atoms with van der Waals surface area (Å²) in [5.41, 5.74) is 17.2. The zero-order valence-electron chi connectivity index (χ0n) is 26.1. The van der Waals surface area contributed by atoms with Gasteiger partial charge in [0.2, 0.25) is 29.5 Å². The van der Waals surface area contributed by atoms with Crippen LogP contribution in [0.2, 0.25) is 0 Å². The minimum atomic E-state index is -1.09. The maximum absolute atomic E-state index is 13.6. The molecule has 1 heterocycles. The third kappa shape index (κ3) is 11.6. The molecule has 1 aliphatic carbocycles. The molecule has 0 radical (unpaired) electrons. The molecular formula is C31H50N8O6. The zero-order chi connectivity index (χ0) is 32.9. The number of rotatable bonds is 17. The maximum Gasteiger partial charge on any atom is 0.245 e. The van der Waals surface area contributed by atoms with E-state index in [1.165, 1.54) is 30.4 Å². The lowest BCUT2D eigenvalue weighted by Crippen LogP contribution is -2.64.